The molecule has 0 saturated heterocycles. The molecule has 4 rings (SSSR count). The SMILES string of the molecule is C=CCN(CC(=O)N(Cc1ccc2c(c1)OCO2)Cc1cccs1)C(=O)C1CCCCC1. The number of nitrogens with zero attached hydrogens (tertiary/aromatic N) is 2. The average molecular weight is 455 g/mol. The molecule has 1 aliphatic carbocycles. The van der Waals surface area contributed by atoms with Crippen LogP contribution in [0.3, 0.4) is 0 Å². The highest BCUT2D eigenvalue weighted by molar-refractivity contribution is 7.09. The van der Waals surface area contributed by atoms with E-state index in [-0.39, 0.29) is 31.1 Å². The van der Waals surface area contributed by atoms with Crippen LogP contribution in [0.1, 0.15) is 42.5 Å². The number of thiophene rings is 1. The Bertz CT molecular complexity index is 937. The number of carbonyl (C=O) groups excluding carboxylic acids is 2. The minimum Gasteiger partial charge on any atom is -0.454 e. The lowest BCUT2D eigenvalue weighted by atomic mass is 9.88. The summed E-state index contributed by atoms with van der Waals surface area (Å²) in [5, 5.41) is 2.01. The lowest BCUT2D eigenvalue weighted by Crippen LogP contribution is -2.44. The standard InChI is InChI=1S/C25H30N2O4S/c1-2-12-26(25(29)20-7-4-3-5-8-20)17-24(28)27(16-21-9-6-13-32-21)15-19-10-11-22-23(14-19)31-18-30-22/h2,6,9-11,13-14,20H,1,3-5,7-8,12,15-18H2. The first-order valence-corrected chi connectivity index (χ1v) is 12.1. The Kier molecular flexibility index (Phi) is 7.47. The summed E-state index contributed by atoms with van der Waals surface area (Å²) in [6.45, 7) is 5.41. The van der Waals surface area contributed by atoms with Crippen LogP contribution in [0.15, 0.2) is 48.4 Å². The van der Waals surface area contributed by atoms with Gasteiger partial charge >= 0.3 is 0 Å². The van der Waals surface area contributed by atoms with Crippen molar-refractivity contribution in [3.8, 4) is 11.5 Å². The van der Waals surface area contributed by atoms with Gasteiger partial charge in [0.25, 0.3) is 0 Å². The van der Waals surface area contributed by atoms with Crippen LogP contribution in [0.2, 0.25) is 0 Å². The molecule has 0 unspecified atom stereocenters. The number of benzene rings is 1. The minimum absolute atomic E-state index is 0.0242. The molecule has 1 aliphatic heterocycles. The highest BCUT2D eigenvalue weighted by Crippen LogP contribution is 2.33. The van der Waals surface area contributed by atoms with Crippen molar-refractivity contribution in [2.45, 2.75) is 45.2 Å². The van der Waals surface area contributed by atoms with Crippen LogP contribution in [-0.4, -0.2) is 41.5 Å². The number of rotatable bonds is 9. The first-order chi connectivity index (χ1) is 15.6. The third kappa shape index (κ3) is 5.51. The van der Waals surface area contributed by atoms with E-state index in [9.17, 15) is 9.59 Å². The van der Waals surface area contributed by atoms with Gasteiger partial charge in [-0.1, -0.05) is 37.5 Å². The van der Waals surface area contributed by atoms with E-state index in [1.807, 2.05) is 40.6 Å². The first-order valence-electron chi connectivity index (χ1n) is 11.2. The molecule has 2 aromatic rings. The second kappa shape index (κ2) is 10.7. The van der Waals surface area contributed by atoms with Crippen molar-refractivity contribution in [1.82, 2.24) is 9.80 Å². The Morgan fingerprint density at radius 2 is 1.88 bits per heavy atom. The summed E-state index contributed by atoms with van der Waals surface area (Å²) in [6, 6.07) is 9.77. The summed E-state index contributed by atoms with van der Waals surface area (Å²) in [6.07, 6.45) is 6.89. The summed E-state index contributed by atoms with van der Waals surface area (Å²) in [7, 11) is 0. The van der Waals surface area contributed by atoms with E-state index >= 15 is 0 Å². The fraction of sp³-hybridized carbons (Fsp3) is 0.440. The van der Waals surface area contributed by atoms with E-state index in [1.165, 1.54) is 6.42 Å². The van der Waals surface area contributed by atoms with Crippen LogP contribution in [0, 0.1) is 5.92 Å². The molecule has 32 heavy (non-hydrogen) atoms. The molecule has 170 valence electrons. The van der Waals surface area contributed by atoms with Gasteiger partial charge in [-0.3, -0.25) is 9.59 Å². The monoisotopic (exact) mass is 454 g/mol. The lowest BCUT2D eigenvalue weighted by Gasteiger charge is -2.30. The second-order valence-corrected chi connectivity index (χ2v) is 9.39. The molecule has 0 spiro atoms. The lowest BCUT2D eigenvalue weighted by molar-refractivity contribution is -0.143. The van der Waals surface area contributed by atoms with Gasteiger partial charge in [0.15, 0.2) is 11.5 Å². The normalized spacial score (nSPS) is 15.4. The number of hydrogen-bond acceptors (Lipinski definition) is 5. The van der Waals surface area contributed by atoms with Gasteiger partial charge < -0.3 is 19.3 Å². The van der Waals surface area contributed by atoms with Gasteiger partial charge in [0.1, 0.15) is 6.54 Å². The van der Waals surface area contributed by atoms with Gasteiger partial charge in [0, 0.05) is 23.9 Å². The van der Waals surface area contributed by atoms with Gasteiger partial charge in [-0.15, -0.1) is 17.9 Å². The smallest absolute Gasteiger partial charge is 0.242 e. The van der Waals surface area contributed by atoms with Gasteiger partial charge in [-0.25, -0.2) is 0 Å². The maximum absolute atomic E-state index is 13.4. The molecule has 2 heterocycles. The molecular formula is C25H30N2O4S. The molecule has 1 saturated carbocycles. The summed E-state index contributed by atoms with van der Waals surface area (Å²) in [5.74, 6) is 1.46. The van der Waals surface area contributed by atoms with E-state index in [2.05, 4.69) is 6.58 Å². The maximum atomic E-state index is 13.4. The summed E-state index contributed by atoms with van der Waals surface area (Å²) < 4.78 is 10.9. The van der Waals surface area contributed by atoms with E-state index in [0.717, 1.165) is 41.9 Å². The zero-order valence-corrected chi connectivity index (χ0v) is 19.1. The van der Waals surface area contributed by atoms with Crippen molar-refractivity contribution in [2.24, 2.45) is 5.92 Å². The Morgan fingerprint density at radius 3 is 2.62 bits per heavy atom. The molecule has 1 aromatic carbocycles. The van der Waals surface area contributed by atoms with Crippen LogP contribution in [0.25, 0.3) is 0 Å². The molecule has 0 atom stereocenters. The summed E-state index contributed by atoms with van der Waals surface area (Å²) in [4.78, 5) is 31.1. The van der Waals surface area contributed by atoms with Crippen molar-refractivity contribution in [3.05, 3.63) is 58.8 Å². The predicted octanol–water partition coefficient (Wildman–Crippen LogP) is 4.60. The Labute approximate surface area is 193 Å². The Hall–Kier alpha value is -2.80. The van der Waals surface area contributed by atoms with E-state index in [0.29, 0.717) is 25.4 Å². The van der Waals surface area contributed by atoms with Gasteiger partial charge in [-0.2, -0.15) is 0 Å². The van der Waals surface area contributed by atoms with Crippen LogP contribution in [-0.2, 0) is 22.7 Å². The molecule has 0 bridgehead atoms. The molecule has 7 heteroatoms. The van der Waals surface area contributed by atoms with Crippen LogP contribution in [0.5, 0.6) is 11.5 Å². The Balaban J connectivity index is 1.49. The number of ether oxygens (including phenoxy) is 2. The number of fused-ring (bicyclic) bond motifs is 1. The fourth-order valence-electron chi connectivity index (χ4n) is 4.34. The summed E-state index contributed by atoms with van der Waals surface area (Å²) in [5.41, 5.74) is 0.966. The van der Waals surface area contributed by atoms with Gasteiger partial charge in [-0.05, 0) is 42.0 Å². The van der Waals surface area contributed by atoms with Crippen LogP contribution in [0.4, 0.5) is 0 Å². The second-order valence-electron chi connectivity index (χ2n) is 8.36. The molecule has 1 fully saturated rings. The van der Waals surface area contributed by atoms with Crippen molar-refractivity contribution < 1.29 is 19.1 Å². The molecule has 1 aromatic heterocycles. The van der Waals surface area contributed by atoms with Crippen molar-refractivity contribution in [1.29, 1.82) is 0 Å². The molecular weight excluding hydrogens is 424 g/mol. The zero-order chi connectivity index (χ0) is 22.3. The zero-order valence-electron chi connectivity index (χ0n) is 18.3. The number of hydrogen-bond donors (Lipinski definition) is 0. The van der Waals surface area contributed by atoms with Crippen molar-refractivity contribution in [3.63, 3.8) is 0 Å². The molecule has 6 nitrogen and oxygen atoms in total. The fourth-order valence-corrected chi connectivity index (χ4v) is 5.06. The van der Waals surface area contributed by atoms with Gasteiger partial charge in [0.2, 0.25) is 18.6 Å². The van der Waals surface area contributed by atoms with Crippen LogP contribution >= 0.6 is 11.3 Å². The van der Waals surface area contributed by atoms with Crippen LogP contribution < -0.4 is 9.47 Å². The van der Waals surface area contributed by atoms with Gasteiger partial charge in [0.05, 0.1) is 6.54 Å². The van der Waals surface area contributed by atoms with E-state index < -0.39 is 0 Å². The third-order valence-corrected chi connectivity index (χ3v) is 6.89. The Morgan fingerprint density at radius 1 is 1.06 bits per heavy atom. The largest absolute Gasteiger partial charge is 0.454 e. The first kappa shape index (κ1) is 22.4. The minimum atomic E-state index is -0.0675. The van der Waals surface area contributed by atoms with E-state index in [4.69, 9.17) is 9.47 Å². The predicted molar refractivity (Wildman–Crippen MR) is 124 cm³/mol. The highest BCUT2D eigenvalue weighted by Gasteiger charge is 2.28. The topological polar surface area (TPSA) is 59.1 Å². The number of amides is 2. The quantitative estimate of drug-likeness (QED) is 0.520. The molecule has 2 amide bonds. The van der Waals surface area contributed by atoms with E-state index in [1.54, 1.807) is 22.3 Å². The van der Waals surface area contributed by atoms with Crippen molar-refractivity contribution in [2.75, 3.05) is 19.9 Å². The highest BCUT2D eigenvalue weighted by atomic mass is 32.1. The third-order valence-electron chi connectivity index (χ3n) is 6.03. The molecule has 0 radical (unpaired) electrons. The number of carbonyl (C=O) groups is 2. The molecule has 0 N–H and O–H groups in total. The average Bonchev–Trinajstić information content (AvgIpc) is 3.50. The van der Waals surface area contributed by atoms with Crippen molar-refractivity contribution >= 4 is 23.2 Å². The maximum Gasteiger partial charge on any atom is 0.242 e. The summed E-state index contributed by atoms with van der Waals surface area (Å²) >= 11 is 1.62. The molecule has 2 aliphatic rings.